The van der Waals surface area contributed by atoms with E-state index in [-0.39, 0.29) is 5.92 Å². The van der Waals surface area contributed by atoms with Crippen molar-refractivity contribution in [2.75, 3.05) is 20.2 Å². The lowest BCUT2D eigenvalue weighted by Crippen LogP contribution is -2.20. The normalized spacial score (nSPS) is 17.4. The molecular weight excluding hydrogens is 352 g/mol. The van der Waals surface area contributed by atoms with Crippen LogP contribution in [0, 0.1) is 11.6 Å². The van der Waals surface area contributed by atoms with Crippen molar-refractivity contribution in [3.05, 3.63) is 65.6 Å². The Labute approximate surface area is 155 Å². The third kappa shape index (κ3) is 3.68. The lowest BCUT2D eigenvalue weighted by Gasteiger charge is -2.15. The van der Waals surface area contributed by atoms with Gasteiger partial charge in [0.15, 0.2) is 11.6 Å². The van der Waals surface area contributed by atoms with Crippen molar-refractivity contribution in [1.82, 2.24) is 15.0 Å². The molecule has 3 aromatic rings. The molecule has 1 fully saturated rings. The molecule has 0 bridgehead atoms. The molecule has 0 saturated carbocycles. The monoisotopic (exact) mass is 371 g/mol. The second-order valence-electron chi connectivity index (χ2n) is 6.62. The topological polar surface area (TPSA) is 51.4 Å². The minimum atomic E-state index is -0.817. The van der Waals surface area contributed by atoms with E-state index in [2.05, 4.69) is 15.0 Å². The average Bonchev–Trinajstić information content (AvgIpc) is 3.35. The molecule has 1 atom stereocenters. The molecule has 0 unspecified atom stereocenters. The van der Waals surface area contributed by atoms with E-state index in [9.17, 15) is 8.78 Å². The predicted octanol–water partition coefficient (Wildman–Crippen LogP) is 4.01. The number of nitrogens with zero attached hydrogens (tertiary/aromatic N) is 3. The second-order valence-corrected chi connectivity index (χ2v) is 6.62. The van der Waals surface area contributed by atoms with Gasteiger partial charge in [-0.25, -0.2) is 8.78 Å². The van der Waals surface area contributed by atoms with Crippen LogP contribution in [0.25, 0.3) is 11.4 Å². The van der Waals surface area contributed by atoms with Crippen molar-refractivity contribution in [3.8, 4) is 17.1 Å². The van der Waals surface area contributed by atoms with Crippen LogP contribution in [0.1, 0.15) is 23.8 Å². The highest BCUT2D eigenvalue weighted by molar-refractivity contribution is 5.56. The van der Waals surface area contributed by atoms with Crippen LogP contribution in [0.2, 0.25) is 0 Å². The Morgan fingerprint density at radius 1 is 1.22 bits per heavy atom. The first kappa shape index (κ1) is 17.6. The Kier molecular flexibility index (Phi) is 4.85. The lowest BCUT2D eigenvalue weighted by atomic mass is 10.1. The molecule has 1 saturated heterocycles. The van der Waals surface area contributed by atoms with E-state index in [1.165, 1.54) is 6.07 Å². The first-order valence-corrected chi connectivity index (χ1v) is 8.77. The van der Waals surface area contributed by atoms with Gasteiger partial charge in [-0.1, -0.05) is 29.4 Å². The second kappa shape index (κ2) is 7.44. The summed E-state index contributed by atoms with van der Waals surface area (Å²) in [5, 5.41) is 4.07. The molecule has 0 N–H and O–H groups in total. The van der Waals surface area contributed by atoms with Crippen LogP contribution in [0.4, 0.5) is 8.78 Å². The molecule has 1 aliphatic rings. The standard InChI is InChI=1S/C20H19F2N3O2/c1-26-16-6-2-4-13(10-16)19-23-20(27-24-19)15-8-9-25(12-15)11-14-5-3-7-17(21)18(14)22/h2-7,10,15H,8-9,11-12H2,1H3/t15-/m0/s1. The summed E-state index contributed by atoms with van der Waals surface area (Å²) >= 11 is 0. The number of hydrogen-bond donors (Lipinski definition) is 0. The van der Waals surface area contributed by atoms with Gasteiger partial charge in [0.25, 0.3) is 0 Å². The van der Waals surface area contributed by atoms with Crippen molar-refractivity contribution < 1.29 is 18.0 Å². The Bertz CT molecular complexity index is 944. The summed E-state index contributed by atoms with van der Waals surface area (Å²) in [6, 6.07) is 11.7. The number of halogens is 2. The molecule has 140 valence electrons. The van der Waals surface area contributed by atoms with Gasteiger partial charge in [-0.05, 0) is 31.2 Å². The molecule has 1 aromatic heterocycles. The molecule has 5 nitrogen and oxygen atoms in total. The van der Waals surface area contributed by atoms with Gasteiger partial charge in [0.05, 0.1) is 13.0 Å². The van der Waals surface area contributed by atoms with Crippen molar-refractivity contribution in [2.45, 2.75) is 18.9 Å². The van der Waals surface area contributed by atoms with Crippen molar-refractivity contribution in [3.63, 3.8) is 0 Å². The molecule has 0 aliphatic carbocycles. The van der Waals surface area contributed by atoms with Crippen LogP contribution in [0.3, 0.4) is 0 Å². The molecule has 2 heterocycles. The minimum absolute atomic E-state index is 0.0773. The summed E-state index contributed by atoms with van der Waals surface area (Å²) in [6.45, 7) is 1.78. The van der Waals surface area contributed by atoms with Gasteiger partial charge in [-0.3, -0.25) is 4.90 Å². The molecule has 4 rings (SSSR count). The highest BCUT2D eigenvalue weighted by Crippen LogP contribution is 2.30. The van der Waals surface area contributed by atoms with Crippen molar-refractivity contribution in [2.24, 2.45) is 0 Å². The summed E-state index contributed by atoms with van der Waals surface area (Å²) in [4.78, 5) is 6.58. The van der Waals surface area contributed by atoms with Gasteiger partial charge in [0.2, 0.25) is 11.7 Å². The maximum atomic E-state index is 13.9. The number of benzene rings is 2. The molecule has 0 radical (unpaired) electrons. The largest absolute Gasteiger partial charge is 0.497 e. The summed E-state index contributed by atoms with van der Waals surface area (Å²) in [7, 11) is 1.61. The molecule has 2 aromatic carbocycles. The fraction of sp³-hybridized carbons (Fsp3) is 0.300. The zero-order valence-corrected chi connectivity index (χ0v) is 14.9. The third-order valence-electron chi connectivity index (χ3n) is 4.82. The first-order valence-electron chi connectivity index (χ1n) is 8.77. The highest BCUT2D eigenvalue weighted by Gasteiger charge is 2.29. The fourth-order valence-corrected chi connectivity index (χ4v) is 3.37. The van der Waals surface area contributed by atoms with Gasteiger partial charge in [0, 0.05) is 24.2 Å². The SMILES string of the molecule is COc1cccc(-c2noc([C@H]3CCN(Cc4cccc(F)c4F)C3)n2)c1. The van der Waals surface area contributed by atoms with E-state index in [0.717, 1.165) is 30.3 Å². The van der Waals surface area contributed by atoms with Crippen LogP contribution in [0.5, 0.6) is 5.75 Å². The van der Waals surface area contributed by atoms with Gasteiger partial charge in [-0.2, -0.15) is 4.98 Å². The number of likely N-dealkylation sites (tertiary alicyclic amines) is 1. The number of aromatic nitrogens is 2. The van der Waals surface area contributed by atoms with E-state index >= 15 is 0 Å². The van der Waals surface area contributed by atoms with E-state index < -0.39 is 11.6 Å². The number of methoxy groups -OCH3 is 1. The number of rotatable bonds is 5. The Hall–Kier alpha value is -2.80. The van der Waals surface area contributed by atoms with E-state index in [1.54, 1.807) is 13.2 Å². The maximum Gasteiger partial charge on any atom is 0.231 e. The lowest BCUT2D eigenvalue weighted by molar-refractivity contribution is 0.303. The van der Waals surface area contributed by atoms with Crippen molar-refractivity contribution in [1.29, 1.82) is 0 Å². The van der Waals surface area contributed by atoms with Crippen LogP contribution in [-0.2, 0) is 6.54 Å². The van der Waals surface area contributed by atoms with Crippen LogP contribution < -0.4 is 4.74 Å². The Morgan fingerprint density at radius 3 is 2.93 bits per heavy atom. The number of ether oxygens (including phenoxy) is 1. The summed E-state index contributed by atoms with van der Waals surface area (Å²) in [6.07, 6.45) is 0.830. The Morgan fingerprint density at radius 2 is 2.07 bits per heavy atom. The highest BCUT2D eigenvalue weighted by atomic mass is 19.2. The van der Waals surface area contributed by atoms with Gasteiger partial charge >= 0.3 is 0 Å². The third-order valence-corrected chi connectivity index (χ3v) is 4.82. The predicted molar refractivity (Wildman–Crippen MR) is 95.3 cm³/mol. The molecule has 7 heteroatoms. The quantitative estimate of drug-likeness (QED) is 0.678. The number of hydrogen-bond acceptors (Lipinski definition) is 5. The average molecular weight is 371 g/mol. The van der Waals surface area contributed by atoms with E-state index in [0.29, 0.717) is 30.4 Å². The molecule has 27 heavy (non-hydrogen) atoms. The summed E-state index contributed by atoms with van der Waals surface area (Å²) in [5.41, 5.74) is 1.18. The van der Waals surface area contributed by atoms with Gasteiger partial charge in [0.1, 0.15) is 5.75 Å². The zero-order chi connectivity index (χ0) is 18.8. The molecular formula is C20H19F2N3O2. The molecule has 0 spiro atoms. The zero-order valence-electron chi connectivity index (χ0n) is 14.9. The summed E-state index contributed by atoms with van der Waals surface area (Å²) < 4.78 is 37.9. The van der Waals surface area contributed by atoms with Crippen LogP contribution >= 0.6 is 0 Å². The van der Waals surface area contributed by atoms with E-state index in [4.69, 9.17) is 9.26 Å². The van der Waals surface area contributed by atoms with E-state index in [1.807, 2.05) is 24.3 Å². The van der Waals surface area contributed by atoms with Gasteiger partial charge in [-0.15, -0.1) is 0 Å². The van der Waals surface area contributed by atoms with Crippen LogP contribution in [-0.4, -0.2) is 35.2 Å². The summed E-state index contributed by atoms with van der Waals surface area (Å²) in [5.74, 6) is 0.284. The Balaban J connectivity index is 1.45. The molecule has 1 aliphatic heterocycles. The fourth-order valence-electron chi connectivity index (χ4n) is 3.37. The van der Waals surface area contributed by atoms with Crippen molar-refractivity contribution >= 4 is 0 Å². The van der Waals surface area contributed by atoms with Crippen LogP contribution in [0.15, 0.2) is 47.0 Å². The minimum Gasteiger partial charge on any atom is -0.497 e. The molecule has 0 amide bonds. The first-order chi connectivity index (χ1) is 13.1. The smallest absolute Gasteiger partial charge is 0.231 e. The van der Waals surface area contributed by atoms with Gasteiger partial charge < -0.3 is 9.26 Å². The maximum absolute atomic E-state index is 13.9.